The van der Waals surface area contributed by atoms with Crippen molar-refractivity contribution in [2.45, 2.75) is 25.7 Å². The molecular formula is C24H26N4O7S2. The van der Waals surface area contributed by atoms with Crippen LogP contribution in [0.3, 0.4) is 0 Å². The van der Waals surface area contributed by atoms with Crippen molar-refractivity contribution in [3.63, 3.8) is 0 Å². The maximum Gasteiger partial charge on any atom is 0.271 e. The van der Waals surface area contributed by atoms with Crippen molar-refractivity contribution >= 4 is 48.7 Å². The SMILES string of the molecule is Cc1ccc(C)c(NS(=O)(=O)c2ccc(NC(=O)CN(c3cc([N+](=O)[O-])ccc3C)S(C)(=O)=O)cc2)c1. The number of nitro groups is 1. The summed E-state index contributed by atoms with van der Waals surface area (Å²) < 4.78 is 53.7. The number of sulfonamides is 2. The van der Waals surface area contributed by atoms with Crippen LogP contribution in [0, 0.1) is 30.9 Å². The number of non-ortho nitro benzene ring substituents is 1. The van der Waals surface area contributed by atoms with Gasteiger partial charge >= 0.3 is 0 Å². The number of carbonyl (C=O) groups excluding carboxylic acids is 1. The van der Waals surface area contributed by atoms with E-state index in [4.69, 9.17) is 0 Å². The smallest absolute Gasteiger partial charge is 0.271 e. The summed E-state index contributed by atoms with van der Waals surface area (Å²) in [6.07, 6.45) is 0.890. The number of hydrogen-bond acceptors (Lipinski definition) is 7. The highest BCUT2D eigenvalue weighted by Crippen LogP contribution is 2.28. The highest BCUT2D eigenvalue weighted by atomic mass is 32.2. The van der Waals surface area contributed by atoms with Gasteiger partial charge in [-0.05, 0) is 67.8 Å². The molecule has 0 spiro atoms. The van der Waals surface area contributed by atoms with Gasteiger partial charge in [0, 0.05) is 17.8 Å². The van der Waals surface area contributed by atoms with Crippen molar-refractivity contribution in [3.8, 4) is 0 Å². The van der Waals surface area contributed by atoms with E-state index in [1.807, 2.05) is 13.0 Å². The van der Waals surface area contributed by atoms with Crippen LogP contribution in [-0.4, -0.2) is 40.5 Å². The molecule has 0 saturated carbocycles. The monoisotopic (exact) mass is 546 g/mol. The lowest BCUT2D eigenvalue weighted by atomic mass is 10.1. The van der Waals surface area contributed by atoms with Crippen molar-refractivity contribution < 1.29 is 26.6 Å². The minimum absolute atomic E-state index is 0.00538. The first kappa shape index (κ1) is 27.6. The molecule has 11 nitrogen and oxygen atoms in total. The van der Waals surface area contributed by atoms with E-state index in [9.17, 15) is 31.7 Å². The second-order valence-electron chi connectivity index (χ2n) is 8.49. The number of carbonyl (C=O) groups is 1. The van der Waals surface area contributed by atoms with E-state index in [1.165, 1.54) is 36.4 Å². The number of anilines is 3. The molecular weight excluding hydrogens is 520 g/mol. The average molecular weight is 547 g/mol. The van der Waals surface area contributed by atoms with Crippen LogP contribution in [0.1, 0.15) is 16.7 Å². The Morgan fingerprint density at radius 2 is 1.54 bits per heavy atom. The average Bonchev–Trinajstić information content (AvgIpc) is 2.80. The minimum Gasteiger partial charge on any atom is -0.325 e. The summed E-state index contributed by atoms with van der Waals surface area (Å²) in [6, 6.07) is 14.5. The fourth-order valence-electron chi connectivity index (χ4n) is 3.46. The predicted octanol–water partition coefficient (Wildman–Crippen LogP) is 3.73. The Morgan fingerprint density at radius 3 is 2.14 bits per heavy atom. The molecule has 1 amide bonds. The lowest BCUT2D eigenvalue weighted by molar-refractivity contribution is -0.384. The normalized spacial score (nSPS) is 11.6. The van der Waals surface area contributed by atoms with Crippen LogP contribution < -0.4 is 14.3 Å². The molecule has 0 heterocycles. The third-order valence-electron chi connectivity index (χ3n) is 5.45. The number of nitrogens with zero attached hydrogens (tertiary/aromatic N) is 2. The van der Waals surface area contributed by atoms with Gasteiger partial charge in [0.25, 0.3) is 15.7 Å². The van der Waals surface area contributed by atoms with Gasteiger partial charge in [0.1, 0.15) is 6.54 Å². The molecule has 13 heteroatoms. The van der Waals surface area contributed by atoms with Gasteiger partial charge in [-0.3, -0.25) is 23.9 Å². The van der Waals surface area contributed by atoms with Gasteiger partial charge in [0.15, 0.2) is 0 Å². The van der Waals surface area contributed by atoms with Gasteiger partial charge in [0.2, 0.25) is 15.9 Å². The fourth-order valence-corrected chi connectivity index (χ4v) is 5.49. The second-order valence-corrected chi connectivity index (χ2v) is 12.1. The molecule has 0 radical (unpaired) electrons. The number of nitro benzene ring substituents is 1. The van der Waals surface area contributed by atoms with Crippen molar-refractivity contribution in [1.82, 2.24) is 0 Å². The standard InChI is InChI=1S/C24H26N4O7S2/c1-16-5-6-17(2)22(13-16)26-37(34,35)21-11-8-19(9-12-21)25-24(29)15-27(36(4,32)33)23-14-20(28(30)31)10-7-18(23)3/h5-14,26H,15H2,1-4H3,(H,25,29). The maximum atomic E-state index is 12.8. The highest BCUT2D eigenvalue weighted by Gasteiger charge is 2.25. The molecule has 0 bridgehead atoms. The summed E-state index contributed by atoms with van der Waals surface area (Å²) in [5, 5.41) is 13.7. The molecule has 0 aliphatic rings. The molecule has 0 unspecified atom stereocenters. The molecule has 37 heavy (non-hydrogen) atoms. The zero-order chi connectivity index (χ0) is 27.5. The summed E-state index contributed by atoms with van der Waals surface area (Å²) in [5.74, 6) is -0.722. The lowest BCUT2D eigenvalue weighted by Crippen LogP contribution is -2.37. The third kappa shape index (κ3) is 6.83. The van der Waals surface area contributed by atoms with Crippen LogP contribution in [0.4, 0.5) is 22.7 Å². The number of benzene rings is 3. The molecule has 0 fully saturated rings. The van der Waals surface area contributed by atoms with Gasteiger partial charge in [-0.1, -0.05) is 18.2 Å². The van der Waals surface area contributed by atoms with Crippen molar-refractivity contribution in [2.75, 3.05) is 27.1 Å². The Kier molecular flexibility index (Phi) is 7.88. The van der Waals surface area contributed by atoms with E-state index in [2.05, 4.69) is 10.0 Å². The number of aryl methyl sites for hydroxylation is 3. The fraction of sp³-hybridized carbons (Fsp3) is 0.208. The Labute approximate surface area is 215 Å². The number of nitrogens with one attached hydrogen (secondary N) is 2. The zero-order valence-corrected chi connectivity index (χ0v) is 22.2. The Hall–Kier alpha value is -3.97. The molecule has 196 valence electrons. The quantitative estimate of drug-likeness (QED) is 0.306. The molecule has 0 aliphatic carbocycles. The largest absolute Gasteiger partial charge is 0.325 e. The zero-order valence-electron chi connectivity index (χ0n) is 20.5. The van der Waals surface area contributed by atoms with Crippen LogP contribution in [0.25, 0.3) is 0 Å². The first-order chi connectivity index (χ1) is 17.2. The molecule has 0 aromatic heterocycles. The summed E-state index contributed by atoms with van der Waals surface area (Å²) in [6.45, 7) is 4.56. The van der Waals surface area contributed by atoms with E-state index >= 15 is 0 Å². The summed E-state index contributed by atoms with van der Waals surface area (Å²) in [4.78, 5) is 23.1. The van der Waals surface area contributed by atoms with Crippen LogP contribution in [0.5, 0.6) is 0 Å². The molecule has 3 rings (SSSR count). The van der Waals surface area contributed by atoms with E-state index in [-0.39, 0.29) is 22.0 Å². The number of rotatable bonds is 9. The van der Waals surface area contributed by atoms with Crippen LogP contribution >= 0.6 is 0 Å². The number of hydrogen-bond donors (Lipinski definition) is 2. The molecule has 3 aromatic carbocycles. The van der Waals surface area contributed by atoms with E-state index < -0.39 is 37.4 Å². The van der Waals surface area contributed by atoms with Crippen LogP contribution in [0.2, 0.25) is 0 Å². The minimum atomic E-state index is -3.97. The molecule has 0 aliphatic heterocycles. The molecule has 3 aromatic rings. The van der Waals surface area contributed by atoms with E-state index in [0.717, 1.165) is 27.8 Å². The summed E-state index contributed by atoms with van der Waals surface area (Å²) in [5.41, 5.74) is 2.45. The van der Waals surface area contributed by atoms with E-state index in [1.54, 1.807) is 26.0 Å². The third-order valence-corrected chi connectivity index (χ3v) is 7.95. The van der Waals surface area contributed by atoms with Gasteiger partial charge < -0.3 is 5.32 Å². The topological polar surface area (TPSA) is 156 Å². The maximum absolute atomic E-state index is 12.8. The van der Waals surface area contributed by atoms with Gasteiger partial charge in [-0.15, -0.1) is 0 Å². The van der Waals surface area contributed by atoms with E-state index in [0.29, 0.717) is 11.3 Å². The Bertz CT molecular complexity index is 1570. The van der Waals surface area contributed by atoms with Crippen LogP contribution in [0.15, 0.2) is 65.6 Å². The van der Waals surface area contributed by atoms with Gasteiger partial charge in [-0.25, -0.2) is 16.8 Å². The van der Waals surface area contributed by atoms with Gasteiger partial charge in [-0.2, -0.15) is 0 Å². The lowest BCUT2D eigenvalue weighted by Gasteiger charge is -2.23. The number of amides is 1. The summed E-state index contributed by atoms with van der Waals surface area (Å²) in [7, 11) is -7.86. The van der Waals surface area contributed by atoms with Crippen LogP contribution in [-0.2, 0) is 24.8 Å². The molecule has 2 N–H and O–H groups in total. The summed E-state index contributed by atoms with van der Waals surface area (Å²) >= 11 is 0. The highest BCUT2D eigenvalue weighted by molar-refractivity contribution is 7.92. The Morgan fingerprint density at radius 1 is 0.919 bits per heavy atom. The van der Waals surface area contributed by atoms with Crippen molar-refractivity contribution in [2.24, 2.45) is 0 Å². The van der Waals surface area contributed by atoms with Gasteiger partial charge in [0.05, 0.1) is 27.4 Å². The first-order valence-electron chi connectivity index (χ1n) is 10.9. The second kappa shape index (κ2) is 10.6. The molecule has 0 atom stereocenters. The first-order valence-corrected chi connectivity index (χ1v) is 14.2. The van der Waals surface area contributed by atoms with Crippen molar-refractivity contribution in [3.05, 3.63) is 87.5 Å². The van der Waals surface area contributed by atoms with Crippen molar-refractivity contribution in [1.29, 1.82) is 0 Å². The Balaban J connectivity index is 1.78. The molecule has 0 saturated heterocycles. The predicted molar refractivity (Wildman–Crippen MR) is 142 cm³/mol.